The van der Waals surface area contributed by atoms with Crippen LogP contribution < -0.4 is 0 Å². The lowest BCUT2D eigenvalue weighted by Gasteiger charge is -2.31. The van der Waals surface area contributed by atoms with Crippen LogP contribution in [-0.4, -0.2) is 35.0 Å². The number of hydrogen-bond acceptors (Lipinski definition) is 2. The standard InChI is InChI=1S/C14H23NO3/c1-6-8-15(9-7-2)12(16)10-14(5,11(3)4)13(17)18/h6-7,11H,1-2,8-10H2,3-5H3,(H,17,18). The molecule has 0 spiro atoms. The molecule has 1 atom stereocenters. The highest BCUT2D eigenvalue weighted by Crippen LogP contribution is 2.32. The molecular weight excluding hydrogens is 230 g/mol. The maximum atomic E-state index is 12.1. The van der Waals surface area contributed by atoms with Gasteiger partial charge in [0.1, 0.15) is 0 Å². The first-order valence-electron chi connectivity index (χ1n) is 6.02. The van der Waals surface area contributed by atoms with Gasteiger partial charge < -0.3 is 10.0 Å². The summed E-state index contributed by atoms with van der Waals surface area (Å²) in [5.74, 6) is -1.25. The van der Waals surface area contributed by atoms with E-state index in [9.17, 15) is 14.7 Å². The topological polar surface area (TPSA) is 57.6 Å². The van der Waals surface area contributed by atoms with E-state index in [-0.39, 0.29) is 18.2 Å². The van der Waals surface area contributed by atoms with E-state index in [4.69, 9.17) is 0 Å². The first kappa shape index (κ1) is 16.4. The van der Waals surface area contributed by atoms with Crippen LogP contribution in [0, 0.1) is 11.3 Å². The molecule has 0 saturated carbocycles. The fourth-order valence-corrected chi connectivity index (χ4v) is 1.54. The summed E-state index contributed by atoms with van der Waals surface area (Å²) in [5.41, 5.74) is -1.04. The molecule has 1 unspecified atom stereocenters. The third-order valence-electron chi connectivity index (χ3n) is 3.33. The highest BCUT2D eigenvalue weighted by molar-refractivity contribution is 5.85. The Hall–Kier alpha value is -1.58. The van der Waals surface area contributed by atoms with Crippen molar-refractivity contribution in [2.45, 2.75) is 27.2 Å². The van der Waals surface area contributed by atoms with Gasteiger partial charge in [-0.15, -0.1) is 13.2 Å². The van der Waals surface area contributed by atoms with Gasteiger partial charge in [0, 0.05) is 19.5 Å². The van der Waals surface area contributed by atoms with Crippen molar-refractivity contribution in [2.24, 2.45) is 11.3 Å². The molecule has 0 rings (SSSR count). The van der Waals surface area contributed by atoms with Gasteiger partial charge in [0.25, 0.3) is 0 Å². The molecule has 0 aliphatic carbocycles. The van der Waals surface area contributed by atoms with Crippen molar-refractivity contribution < 1.29 is 14.7 Å². The number of rotatable bonds is 8. The normalized spacial score (nSPS) is 13.8. The summed E-state index contributed by atoms with van der Waals surface area (Å²) in [7, 11) is 0. The lowest BCUT2D eigenvalue weighted by Crippen LogP contribution is -2.41. The van der Waals surface area contributed by atoms with Crippen LogP contribution in [0.1, 0.15) is 27.2 Å². The van der Waals surface area contributed by atoms with Crippen molar-refractivity contribution >= 4 is 11.9 Å². The zero-order valence-corrected chi connectivity index (χ0v) is 11.5. The van der Waals surface area contributed by atoms with Crippen LogP contribution in [0.25, 0.3) is 0 Å². The van der Waals surface area contributed by atoms with E-state index in [0.29, 0.717) is 13.1 Å². The second-order valence-electron chi connectivity index (χ2n) is 4.93. The molecule has 0 radical (unpaired) electrons. The fourth-order valence-electron chi connectivity index (χ4n) is 1.54. The second kappa shape index (κ2) is 6.99. The van der Waals surface area contributed by atoms with Crippen LogP contribution in [0.5, 0.6) is 0 Å². The maximum absolute atomic E-state index is 12.1. The summed E-state index contributed by atoms with van der Waals surface area (Å²) in [6, 6.07) is 0. The lowest BCUT2D eigenvalue weighted by atomic mass is 9.76. The van der Waals surface area contributed by atoms with Gasteiger partial charge in [-0.25, -0.2) is 0 Å². The molecule has 4 heteroatoms. The molecule has 102 valence electrons. The quantitative estimate of drug-likeness (QED) is 0.675. The summed E-state index contributed by atoms with van der Waals surface area (Å²) in [5, 5.41) is 9.28. The smallest absolute Gasteiger partial charge is 0.310 e. The van der Waals surface area contributed by atoms with Gasteiger partial charge in [0.2, 0.25) is 5.91 Å². The fraction of sp³-hybridized carbons (Fsp3) is 0.571. The monoisotopic (exact) mass is 253 g/mol. The first-order valence-corrected chi connectivity index (χ1v) is 6.02. The zero-order chi connectivity index (χ0) is 14.3. The Morgan fingerprint density at radius 1 is 1.28 bits per heavy atom. The first-order chi connectivity index (χ1) is 8.29. The van der Waals surface area contributed by atoms with Crippen LogP contribution >= 0.6 is 0 Å². The van der Waals surface area contributed by atoms with Gasteiger partial charge in [0.05, 0.1) is 5.41 Å². The molecular formula is C14H23NO3. The Balaban J connectivity index is 4.92. The van der Waals surface area contributed by atoms with Crippen LogP contribution in [-0.2, 0) is 9.59 Å². The minimum absolute atomic E-state index is 0.0122. The number of carboxylic acid groups (broad SMARTS) is 1. The molecule has 0 fully saturated rings. The Labute approximate surface area is 109 Å². The molecule has 1 amide bonds. The minimum Gasteiger partial charge on any atom is -0.481 e. The Bertz CT molecular complexity index is 326. The predicted molar refractivity (Wildman–Crippen MR) is 72.2 cm³/mol. The molecule has 0 saturated heterocycles. The average Bonchev–Trinajstić information content (AvgIpc) is 2.27. The van der Waals surface area contributed by atoms with Crippen LogP contribution in [0.2, 0.25) is 0 Å². The van der Waals surface area contributed by atoms with Gasteiger partial charge >= 0.3 is 5.97 Å². The van der Waals surface area contributed by atoms with Crippen molar-refractivity contribution in [2.75, 3.05) is 13.1 Å². The van der Waals surface area contributed by atoms with E-state index in [0.717, 1.165) is 0 Å². The van der Waals surface area contributed by atoms with Crippen LogP contribution in [0.3, 0.4) is 0 Å². The van der Waals surface area contributed by atoms with Crippen molar-refractivity contribution in [3.05, 3.63) is 25.3 Å². The molecule has 1 N–H and O–H groups in total. The average molecular weight is 253 g/mol. The van der Waals surface area contributed by atoms with E-state index >= 15 is 0 Å². The second-order valence-corrected chi connectivity index (χ2v) is 4.93. The van der Waals surface area contributed by atoms with Gasteiger partial charge in [-0.2, -0.15) is 0 Å². The van der Waals surface area contributed by atoms with Gasteiger partial charge in [-0.05, 0) is 12.8 Å². The molecule has 0 aliphatic heterocycles. The van der Waals surface area contributed by atoms with E-state index in [1.54, 1.807) is 24.0 Å². The number of nitrogens with zero attached hydrogens (tertiary/aromatic N) is 1. The third kappa shape index (κ3) is 4.02. The summed E-state index contributed by atoms with van der Waals surface area (Å²) in [6.45, 7) is 13.2. The Morgan fingerprint density at radius 3 is 2.00 bits per heavy atom. The Morgan fingerprint density at radius 2 is 1.72 bits per heavy atom. The SMILES string of the molecule is C=CCN(CC=C)C(=O)CC(C)(C(=O)O)C(C)C. The molecule has 0 bridgehead atoms. The molecule has 4 nitrogen and oxygen atoms in total. The maximum Gasteiger partial charge on any atom is 0.310 e. The summed E-state index contributed by atoms with van der Waals surface area (Å²) >= 11 is 0. The van der Waals surface area contributed by atoms with Crippen molar-refractivity contribution in [3.63, 3.8) is 0 Å². The van der Waals surface area contributed by atoms with E-state index < -0.39 is 11.4 Å². The molecule has 18 heavy (non-hydrogen) atoms. The highest BCUT2D eigenvalue weighted by atomic mass is 16.4. The van der Waals surface area contributed by atoms with Gasteiger partial charge in [0.15, 0.2) is 0 Å². The van der Waals surface area contributed by atoms with Crippen molar-refractivity contribution in [1.82, 2.24) is 4.90 Å². The highest BCUT2D eigenvalue weighted by Gasteiger charge is 2.39. The molecule has 0 aliphatic rings. The number of hydrogen-bond donors (Lipinski definition) is 1. The molecule has 0 heterocycles. The number of carboxylic acids is 1. The van der Waals surface area contributed by atoms with Gasteiger partial charge in [-0.1, -0.05) is 26.0 Å². The summed E-state index contributed by atoms with van der Waals surface area (Å²) in [6.07, 6.45) is 3.23. The zero-order valence-electron chi connectivity index (χ0n) is 11.5. The van der Waals surface area contributed by atoms with Crippen molar-refractivity contribution in [1.29, 1.82) is 0 Å². The van der Waals surface area contributed by atoms with Gasteiger partial charge in [-0.3, -0.25) is 9.59 Å². The number of carbonyl (C=O) groups is 2. The number of carbonyl (C=O) groups excluding carboxylic acids is 1. The van der Waals surface area contributed by atoms with Crippen molar-refractivity contribution in [3.8, 4) is 0 Å². The van der Waals surface area contributed by atoms with E-state index in [2.05, 4.69) is 13.2 Å². The molecule has 0 aromatic carbocycles. The predicted octanol–water partition coefficient (Wildman–Crippen LogP) is 2.32. The minimum atomic E-state index is -1.04. The summed E-state index contributed by atoms with van der Waals surface area (Å²) < 4.78 is 0. The molecule has 0 aromatic heterocycles. The number of amides is 1. The van der Waals surface area contributed by atoms with E-state index in [1.807, 2.05) is 13.8 Å². The molecule has 0 aromatic rings. The van der Waals surface area contributed by atoms with E-state index in [1.165, 1.54) is 0 Å². The summed E-state index contributed by atoms with van der Waals surface area (Å²) in [4.78, 5) is 25.0. The Kier molecular flexibility index (Phi) is 6.37. The van der Waals surface area contributed by atoms with Crippen LogP contribution in [0.15, 0.2) is 25.3 Å². The third-order valence-corrected chi connectivity index (χ3v) is 3.33. The number of aliphatic carboxylic acids is 1. The largest absolute Gasteiger partial charge is 0.481 e. The lowest BCUT2D eigenvalue weighted by molar-refractivity contribution is -0.155. The van der Waals surface area contributed by atoms with Crippen LogP contribution in [0.4, 0.5) is 0 Å².